The second-order valence-corrected chi connectivity index (χ2v) is 3.39. The molecule has 0 aliphatic rings. The lowest BCUT2D eigenvalue weighted by Crippen LogP contribution is -1.80. The summed E-state index contributed by atoms with van der Waals surface area (Å²) in [6.07, 6.45) is 0. The van der Waals surface area contributed by atoms with Gasteiger partial charge in [0.05, 0.1) is 14.5 Å². The van der Waals surface area contributed by atoms with E-state index in [1.54, 1.807) is 0 Å². The summed E-state index contributed by atoms with van der Waals surface area (Å²) >= 11 is 13.7. The standard InChI is InChI=1S/C6H2BrCl2FO/c7-4-5(9)3(10)1-2(8)6(4)11/h1,11H. The van der Waals surface area contributed by atoms with Crippen LogP contribution in [0.3, 0.4) is 0 Å². The Balaban J connectivity index is 3.46. The smallest absolute Gasteiger partial charge is 0.150 e. The van der Waals surface area contributed by atoms with Crippen molar-refractivity contribution < 1.29 is 9.50 Å². The van der Waals surface area contributed by atoms with Gasteiger partial charge in [-0.15, -0.1) is 0 Å². The Morgan fingerprint density at radius 1 is 1.45 bits per heavy atom. The SMILES string of the molecule is Oc1c(Cl)cc(F)c(Cl)c1Br. The number of hydrogen-bond donors (Lipinski definition) is 1. The van der Waals surface area contributed by atoms with Crippen molar-refractivity contribution in [1.82, 2.24) is 0 Å². The van der Waals surface area contributed by atoms with Gasteiger partial charge in [-0.1, -0.05) is 23.2 Å². The summed E-state index contributed by atoms with van der Waals surface area (Å²) < 4.78 is 12.7. The third kappa shape index (κ3) is 1.60. The van der Waals surface area contributed by atoms with Gasteiger partial charge in [0.2, 0.25) is 0 Å². The molecule has 0 aliphatic carbocycles. The molecule has 0 atom stereocenters. The van der Waals surface area contributed by atoms with Crippen molar-refractivity contribution in [2.75, 3.05) is 0 Å². The van der Waals surface area contributed by atoms with Crippen LogP contribution >= 0.6 is 39.1 Å². The van der Waals surface area contributed by atoms with Gasteiger partial charge in [-0.3, -0.25) is 0 Å². The maximum Gasteiger partial charge on any atom is 0.150 e. The summed E-state index contributed by atoms with van der Waals surface area (Å²) in [6.45, 7) is 0. The van der Waals surface area contributed by atoms with Crippen molar-refractivity contribution in [1.29, 1.82) is 0 Å². The Labute approximate surface area is 80.9 Å². The van der Waals surface area contributed by atoms with E-state index in [0.29, 0.717) is 0 Å². The second kappa shape index (κ2) is 3.17. The largest absolute Gasteiger partial charge is 0.505 e. The van der Waals surface area contributed by atoms with Crippen molar-refractivity contribution in [2.24, 2.45) is 0 Å². The van der Waals surface area contributed by atoms with Crippen LogP contribution in [-0.4, -0.2) is 5.11 Å². The zero-order valence-corrected chi connectivity index (χ0v) is 8.13. The highest BCUT2D eigenvalue weighted by Crippen LogP contribution is 2.38. The van der Waals surface area contributed by atoms with E-state index in [-0.39, 0.29) is 20.3 Å². The predicted molar refractivity (Wildman–Crippen MR) is 45.8 cm³/mol. The average Bonchev–Trinajstić information content (AvgIpc) is 1.97. The molecule has 1 aromatic rings. The summed E-state index contributed by atoms with van der Waals surface area (Å²) in [5.74, 6) is -0.917. The molecule has 0 unspecified atom stereocenters. The molecule has 0 saturated heterocycles. The maximum absolute atomic E-state index is 12.7. The first-order valence-electron chi connectivity index (χ1n) is 2.56. The molecule has 0 bridgehead atoms. The van der Waals surface area contributed by atoms with Gasteiger partial charge < -0.3 is 5.11 Å². The number of phenolic OH excluding ortho intramolecular Hbond substituents is 1. The molecule has 60 valence electrons. The minimum absolute atomic E-state index is 0.0706. The van der Waals surface area contributed by atoms with E-state index >= 15 is 0 Å². The molecule has 1 aromatic carbocycles. The summed E-state index contributed by atoms with van der Waals surface area (Å²) in [5, 5.41) is 8.84. The highest BCUT2D eigenvalue weighted by Gasteiger charge is 2.12. The zero-order valence-electron chi connectivity index (χ0n) is 5.04. The Morgan fingerprint density at radius 2 is 2.00 bits per heavy atom. The number of phenols is 1. The van der Waals surface area contributed by atoms with Gasteiger partial charge in [-0.05, 0) is 22.0 Å². The molecule has 1 nitrogen and oxygen atoms in total. The molecule has 1 rings (SSSR count). The number of aromatic hydroxyl groups is 1. The maximum atomic E-state index is 12.7. The first-order valence-corrected chi connectivity index (χ1v) is 4.11. The summed E-state index contributed by atoms with van der Waals surface area (Å²) in [5.41, 5.74) is 0. The second-order valence-electron chi connectivity index (χ2n) is 1.82. The molecular weight excluding hydrogens is 258 g/mol. The monoisotopic (exact) mass is 258 g/mol. The quantitative estimate of drug-likeness (QED) is 0.558. The first kappa shape index (κ1) is 9.10. The highest BCUT2D eigenvalue weighted by atomic mass is 79.9. The fraction of sp³-hybridized carbons (Fsp3) is 0. The molecule has 0 spiro atoms. The average molecular weight is 260 g/mol. The minimum Gasteiger partial charge on any atom is -0.505 e. The Bertz CT molecular complexity index is 277. The van der Waals surface area contributed by atoms with Gasteiger partial charge in [0.1, 0.15) is 11.6 Å². The number of hydrogen-bond acceptors (Lipinski definition) is 1. The summed E-state index contributed by atoms with van der Waals surface area (Å²) in [4.78, 5) is 0. The van der Waals surface area contributed by atoms with Crippen LogP contribution in [0.25, 0.3) is 0 Å². The van der Waals surface area contributed by atoms with Gasteiger partial charge >= 0.3 is 0 Å². The van der Waals surface area contributed by atoms with E-state index in [2.05, 4.69) is 15.9 Å². The van der Waals surface area contributed by atoms with Crippen LogP contribution < -0.4 is 0 Å². The van der Waals surface area contributed by atoms with Crippen LogP contribution in [-0.2, 0) is 0 Å². The Kier molecular flexibility index (Phi) is 2.62. The van der Waals surface area contributed by atoms with Crippen LogP contribution in [0.5, 0.6) is 5.75 Å². The van der Waals surface area contributed by atoms with E-state index in [1.807, 2.05) is 0 Å². The molecule has 0 amide bonds. The number of benzene rings is 1. The zero-order chi connectivity index (χ0) is 8.59. The third-order valence-corrected chi connectivity index (χ3v) is 2.75. The Morgan fingerprint density at radius 3 is 2.55 bits per heavy atom. The van der Waals surface area contributed by atoms with E-state index < -0.39 is 5.82 Å². The first-order chi connectivity index (χ1) is 5.04. The van der Waals surface area contributed by atoms with E-state index in [4.69, 9.17) is 28.3 Å². The lowest BCUT2D eigenvalue weighted by molar-refractivity contribution is 0.470. The van der Waals surface area contributed by atoms with Gasteiger partial charge in [0.25, 0.3) is 0 Å². The van der Waals surface area contributed by atoms with E-state index in [1.165, 1.54) is 0 Å². The van der Waals surface area contributed by atoms with E-state index in [9.17, 15) is 4.39 Å². The lowest BCUT2D eigenvalue weighted by atomic mass is 10.3. The summed E-state index contributed by atoms with van der Waals surface area (Å²) in [7, 11) is 0. The minimum atomic E-state index is -0.665. The third-order valence-electron chi connectivity index (χ3n) is 1.09. The molecule has 0 fully saturated rings. The van der Waals surface area contributed by atoms with Gasteiger partial charge in [-0.2, -0.15) is 0 Å². The van der Waals surface area contributed by atoms with Crippen LogP contribution in [0.15, 0.2) is 10.5 Å². The summed E-state index contributed by atoms with van der Waals surface area (Å²) in [6, 6.07) is 0.948. The normalized spacial score (nSPS) is 10.2. The molecule has 0 aliphatic heterocycles. The van der Waals surface area contributed by atoms with E-state index in [0.717, 1.165) is 6.07 Å². The Hall–Kier alpha value is 0.01000. The topological polar surface area (TPSA) is 20.2 Å². The molecule has 0 radical (unpaired) electrons. The highest BCUT2D eigenvalue weighted by molar-refractivity contribution is 9.10. The molecule has 0 saturated carbocycles. The molecule has 11 heavy (non-hydrogen) atoms. The number of rotatable bonds is 0. The van der Waals surface area contributed by atoms with Crippen LogP contribution in [0.2, 0.25) is 10.0 Å². The molecule has 0 heterocycles. The van der Waals surface area contributed by atoms with Crippen molar-refractivity contribution in [3.8, 4) is 5.75 Å². The van der Waals surface area contributed by atoms with Crippen LogP contribution in [0.4, 0.5) is 4.39 Å². The van der Waals surface area contributed by atoms with Gasteiger partial charge in [0.15, 0.2) is 0 Å². The van der Waals surface area contributed by atoms with Crippen molar-refractivity contribution in [2.45, 2.75) is 0 Å². The van der Waals surface area contributed by atoms with Crippen LogP contribution in [0.1, 0.15) is 0 Å². The van der Waals surface area contributed by atoms with Gasteiger partial charge in [-0.25, -0.2) is 4.39 Å². The van der Waals surface area contributed by atoms with Gasteiger partial charge in [0, 0.05) is 0 Å². The molecule has 1 N–H and O–H groups in total. The predicted octanol–water partition coefficient (Wildman–Crippen LogP) is 3.60. The lowest BCUT2D eigenvalue weighted by Gasteiger charge is -2.02. The number of halogens is 4. The van der Waals surface area contributed by atoms with Crippen molar-refractivity contribution in [3.63, 3.8) is 0 Å². The van der Waals surface area contributed by atoms with Crippen molar-refractivity contribution in [3.05, 3.63) is 26.4 Å². The fourth-order valence-electron chi connectivity index (χ4n) is 0.557. The molecular formula is C6H2BrCl2FO. The fourth-order valence-corrected chi connectivity index (χ4v) is 1.41. The molecule has 5 heteroatoms. The van der Waals surface area contributed by atoms with Crippen LogP contribution in [0, 0.1) is 5.82 Å². The molecule has 0 aromatic heterocycles. The van der Waals surface area contributed by atoms with Crippen molar-refractivity contribution >= 4 is 39.1 Å².